The van der Waals surface area contributed by atoms with Gasteiger partial charge < -0.3 is 9.84 Å². The smallest absolute Gasteiger partial charge is 0.275 e. The first-order valence-electron chi connectivity index (χ1n) is 6.78. The Morgan fingerprint density at radius 2 is 1.84 bits per heavy atom. The van der Waals surface area contributed by atoms with Gasteiger partial charge in [-0.25, -0.2) is 8.78 Å². The second-order valence-electron chi connectivity index (χ2n) is 4.70. The molecule has 0 saturated heterocycles. The Kier molecular flexibility index (Phi) is 6.22. The van der Waals surface area contributed by atoms with E-state index in [-0.39, 0.29) is 5.56 Å². The van der Waals surface area contributed by atoms with Crippen molar-refractivity contribution in [2.24, 2.45) is 0 Å². The lowest BCUT2D eigenvalue weighted by molar-refractivity contribution is -0.0504. The molecule has 1 N–H and O–H groups in total. The standard InChI is InChI=1S/C15H22F2O2/c1-3-5-10-19-14-8-6-12(7-9-14)15(16,17)11-13(18)4-2/h6-9,13,18H,3-5,10-11H2,1-2H3. The van der Waals surface area contributed by atoms with Crippen LogP contribution >= 0.6 is 0 Å². The second kappa shape index (κ2) is 7.43. The van der Waals surface area contributed by atoms with Crippen LogP contribution in [-0.4, -0.2) is 17.8 Å². The molecular weight excluding hydrogens is 250 g/mol. The van der Waals surface area contributed by atoms with Crippen LogP contribution in [0.2, 0.25) is 0 Å². The van der Waals surface area contributed by atoms with Crippen molar-refractivity contribution in [2.75, 3.05) is 6.61 Å². The summed E-state index contributed by atoms with van der Waals surface area (Å²) in [6, 6.07) is 5.84. The maximum Gasteiger partial charge on any atom is 0.275 e. The van der Waals surface area contributed by atoms with E-state index in [4.69, 9.17) is 4.74 Å². The molecule has 0 saturated carbocycles. The number of alkyl halides is 2. The van der Waals surface area contributed by atoms with Crippen LogP contribution in [0.3, 0.4) is 0 Å². The Labute approximate surface area is 113 Å². The first-order chi connectivity index (χ1) is 8.99. The van der Waals surface area contributed by atoms with Gasteiger partial charge in [-0.1, -0.05) is 20.3 Å². The summed E-state index contributed by atoms with van der Waals surface area (Å²) in [5, 5.41) is 9.35. The third-order valence-corrected chi connectivity index (χ3v) is 3.01. The van der Waals surface area contributed by atoms with E-state index in [2.05, 4.69) is 6.92 Å². The third kappa shape index (κ3) is 5.15. The van der Waals surface area contributed by atoms with Crippen molar-refractivity contribution in [3.8, 4) is 5.75 Å². The molecule has 0 spiro atoms. The van der Waals surface area contributed by atoms with Gasteiger partial charge in [0.05, 0.1) is 12.7 Å². The Hall–Kier alpha value is -1.16. The second-order valence-corrected chi connectivity index (χ2v) is 4.70. The van der Waals surface area contributed by atoms with Crippen LogP contribution in [0.5, 0.6) is 5.75 Å². The first-order valence-corrected chi connectivity index (χ1v) is 6.78. The topological polar surface area (TPSA) is 29.5 Å². The number of ether oxygens (including phenoxy) is 1. The Morgan fingerprint density at radius 3 is 2.37 bits per heavy atom. The van der Waals surface area contributed by atoms with Crippen LogP contribution in [0.25, 0.3) is 0 Å². The van der Waals surface area contributed by atoms with Crippen LogP contribution in [0.1, 0.15) is 45.1 Å². The van der Waals surface area contributed by atoms with Gasteiger partial charge in [-0.15, -0.1) is 0 Å². The summed E-state index contributed by atoms with van der Waals surface area (Å²) in [5.41, 5.74) is -0.0807. The summed E-state index contributed by atoms with van der Waals surface area (Å²) < 4.78 is 33.1. The van der Waals surface area contributed by atoms with Crippen molar-refractivity contribution in [1.82, 2.24) is 0 Å². The molecule has 0 amide bonds. The van der Waals surface area contributed by atoms with Crippen LogP contribution in [0.4, 0.5) is 8.78 Å². The number of aliphatic hydroxyl groups is 1. The molecule has 19 heavy (non-hydrogen) atoms. The van der Waals surface area contributed by atoms with E-state index in [1.165, 1.54) is 12.1 Å². The minimum absolute atomic E-state index is 0.0807. The van der Waals surface area contributed by atoms with E-state index in [0.29, 0.717) is 18.8 Å². The molecule has 4 heteroatoms. The van der Waals surface area contributed by atoms with Gasteiger partial charge in [-0.05, 0) is 37.1 Å². The molecular formula is C15H22F2O2. The molecule has 0 aliphatic heterocycles. The lowest BCUT2D eigenvalue weighted by Crippen LogP contribution is -2.21. The van der Waals surface area contributed by atoms with Gasteiger partial charge in [0, 0.05) is 12.0 Å². The first kappa shape index (κ1) is 15.9. The van der Waals surface area contributed by atoms with E-state index in [1.807, 2.05) is 0 Å². The Morgan fingerprint density at radius 1 is 1.21 bits per heavy atom. The molecule has 2 nitrogen and oxygen atoms in total. The largest absolute Gasteiger partial charge is 0.494 e. The average molecular weight is 272 g/mol. The van der Waals surface area contributed by atoms with Crippen molar-refractivity contribution in [1.29, 1.82) is 0 Å². The lowest BCUT2D eigenvalue weighted by atomic mass is 10.0. The number of rotatable bonds is 8. The highest BCUT2D eigenvalue weighted by atomic mass is 19.3. The third-order valence-electron chi connectivity index (χ3n) is 3.01. The number of hydrogen-bond acceptors (Lipinski definition) is 2. The Balaban J connectivity index is 2.63. The fourth-order valence-corrected chi connectivity index (χ4v) is 1.69. The molecule has 1 rings (SSSR count). The molecule has 1 unspecified atom stereocenters. The van der Waals surface area contributed by atoms with Gasteiger partial charge in [-0.3, -0.25) is 0 Å². The Bertz CT molecular complexity index is 363. The molecule has 0 bridgehead atoms. The summed E-state index contributed by atoms with van der Waals surface area (Å²) >= 11 is 0. The quantitative estimate of drug-likeness (QED) is 0.721. The monoisotopic (exact) mass is 272 g/mol. The fraction of sp³-hybridized carbons (Fsp3) is 0.600. The van der Waals surface area contributed by atoms with Crippen molar-refractivity contribution in [3.63, 3.8) is 0 Å². The van der Waals surface area contributed by atoms with Crippen molar-refractivity contribution < 1.29 is 18.6 Å². The molecule has 0 radical (unpaired) electrons. The number of halogens is 2. The minimum Gasteiger partial charge on any atom is -0.494 e. The van der Waals surface area contributed by atoms with Gasteiger partial charge in [0.25, 0.3) is 5.92 Å². The highest BCUT2D eigenvalue weighted by Crippen LogP contribution is 2.34. The summed E-state index contributed by atoms with van der Waals surface area (Å²) in [7, 11) is 0. The lowest BCUT2D eigenvalue weighted by Gasteiger charge is -2.19. The summed E-state index contributed by atoms with van der Waals surface area (Å²) in [6.07, 6.45) is 0.786. The average Bonchev–Trinajstić information content (AvgIpc) is 2.39. The van der Waals surface area contributed by atoms with Gasteiger partial charge in [0.2, 0.25) is 0 Å². The van der Waals surface area contributed by atoms with E-state index < -0.39 is 18.4 Å². The highest BCUT2D eigenvalue weighted by Gasteiger charge is 2.33. The number of hydrogen-bond donors (Lipinski definition) is 1. The number of aliphatic hydroxyl groups excluding tert-OH is 1. The fourth-order valence-electron chi connectivity index (χ4n) is 1.69. The van der Waals surface area contributed by atoms with E-state index in [0.717, 1.165) is 12.8 Å². The van der Waals surface area contributed by atoms with Crippen LogP contribution < -0.4 is 4.74 Å². The maximum absolute atomic E-state index is 13.8. The zero-order valence-electron chi connectivity index (χ0n) is 11.5. The summed E-state index contributed by atoms with van der Waals surface area (Å²) in [6.45, 7) is 4.35. The minimum atomic E-state index is -3.00. The van der Waals surface area contributed by atoms with Crippen molar-refractivity contribution >= 4 is 0 Å². The number of unbranched alkanes of at least 4 members (excludes halogenated alkanes) is 1. The molecule has 1 atom stereocenters. The SMILES string of the molecule is CCCCOc1ccc(C(F)(F)CC(O)CC)cc1. The molecule has 0 aliphatic carbocycles. The maximum atomic E-state index is 13.8. The molecule has 0 aliphatic rings. The highest BCUT2D eigenvalue weighted by molar-refractivity contribution is 5.29. The predicted molar refractivity (Wildman–Crippen MR) is 71.7 cm³/mol. The van der Waals surface area contributed by atoms with Crippen molar-refractivity contribution in [3.05, 3.63) is 29.8 Å². The van der Waals surface area contributed by atoms with Crippen molar-refractivity contribution in [2.45, 2.75) is 51.6 Å². The molecule has 108 valence electrons. The van der Waals surface area contributed by atoms with E-state index >= 15 is 0 Å². The van der Waals surface area contributed by atoms with E-state index in [1.54, 1.807) is 19.1 Å². The van der Waals surface area contributed by atoms with Gasteiger partial charge in [0.1, 0.15) is 5.75 Å². The van der Waals surface area contributed by atoms with Gasteiger partial charge in [0.15, 0.2) is 0 Å². The van der Waals surface area contributed by atoms with Gasteiger partial charge >= 0.3 is 0 Å². The summed E-state index contributed by atoms with van der Waals surface area (Å²) in [4.78, 5) is 0. The molecule has 0 aromatic heterocycles. The van der Waals surface area contributed by atoms with Crippen LogP contribution in [0.15, 0.2) is 24.3 Å². The summed E-state index contributed by atoms with van der Waals surface area (Å²) in [5.74, 6) is -2.40. The van der Waals surface area contributed by atoms with Crippen LogP contribution in [-0.2, 0) is 5.92 Å². The zero-order valence-corrected chi connectivity index (χ0v) is 11.5. The van der Waals surface area contributed by atoms with Crippen LogP contribution in [0, 0.1) is 0 Å². The normalized spacial score (nSPS) is 13.3. The molecule has 0 fully saturated rings. The van der Waals surface area contributed by atoms with Gasteiger partial charge in [-0.2, -0.15) is 0 Å². The predicted octanol–water partition coefficient (Wildman–Crippen LogP) is 4.12. The number of benzene rings is 1. The molecule has 1 aromatic rings. The molecule has 1 aromatic carbocycles. The van der Waals surface area contributed by atoms with E-state index in [9.17, 15) is 13.9 Å². The molecule has 0 heterocycles. The zero-order chi connectivity index (χ0) is 14.3.